The summed E-state index contributed by atoms with van der Waals surface area (Å²) in [7, 11) is 0. The van der Waals surface area contributed by atoms with Crippen molar-refractivity contribution in [3.05, 3.63) is 35.9 Å². The molecular weight excluding hydrogens is 198 g/mol. The minimum absolute atomic E-state index is 0.0267. The molecule has 0 heterocycles. The van der Waals surface area contributed by atoms with Gasteiger partial charge in [-0.3, -0.25) is 0 Å². The largest absolute Gasteiger partial charge is 0.375 e. The van der Waals surface area contributed by atoms with Crippen LogP contribution in [0.4, 0.5) is 0 Å². The van der Waals surface area contributed by atoms with Gasteiger partial charge in [-0.1, -0.05) is 30.3 Å². The zero-order valence-electron chi connectivity index (χ0n) is 10.6. The maximum absolute atomic E-state index is 5.62. The molecule has 0 aliphatic heterocycles. The number of rotatable bonds is 6. The zero-order valence-corrected chi connectivity index (χ0v) is 10.6. The van der Waals surface area contributed by atoms with Crippen molar-refractivity contribution in [2.24, 2.45) is 0 Å². The molecule has 1 N–H and O–H groups in total. The van der Waals surface area contributed by atoms with Crippen LogP contribution in [0.15, 0.2) is 30.3 Å². The highest BCUT2D eigenvalue weighted by atomic mass is 16.5. The van der Waals surface area contributed by atoms with Crippen molar-refractivity contribution in [2.75, 3.05) is 19.7 Å². The highest BCUT2D eigenvalue weighted by molar-refractivity contribution is 5.14. The molecule has 0 saturated heterocycles. The molecule has 16 heavy (non-hydrogen) atoms. The summed E-state index contributed by atoms with van der Waals surface area (Å²) >= 11 is 0. The van der Waals surface area contributed by atoms with Gasteiger partial charge in [0.25, 0.3) is 0 Å². The summed E-state index contributed by atoms with van der Waals surface area (Å²) in [4.78, 5) is 0. The normalized spacial score (nSPS) is 11.7. The smallest absolute Gasteiger partial charge is 0.0599 e. The van der Waals surface area contributed by atoms with Crippen molar-refractivity contribution in [2.45, 2.75) is 32.8 Å². The van der Waals surface area contributed by atoms with Crippen molar-refractivity contribution >= 4 is 0 Å². The standard InChI is InChI=1S/C14H23NO/c1-14(2,3)16-12-11-15-10-9-13-7-5-4-6-8-13/h4-8,15H,9-12H2,1-3H3. The molecular formula is C14H23NO. The monoisotopic (exact) mass is 221 g/mol. The van der Waals surface area contributed by atoms with Gasteiger partial charge in [-0.15, -0.1) is 0 Å². The fourth-order valence-corrected chi connectivity index (χ4v) is 1.43. The quantitative estimate of drug-likeness (QED) is 0.746. The molecule has 0 unspecified atom stereocenters. The fourth-order valence-electron chi connectivity index (χ4n) is 1.43. The van der Waals surface area contributed by atoms with E-state index in [1.54, 1.807) is 0 Å². The molecule has 2 heteroatoms. The number of benzene rings is 1. The van der Waals surface area contributed by atoms with E-state index >= 15 is 0 Å². The van der Waals surface area contributed by atoms with Gasteiger partial charge >= 0.3 is 0 Å². The van der Waals surface area contributed by atoms with Crippen LogP contribution in [-0.4, -0.2) is 25.3 Å². The van der Waals surface area contributed by atoms with Crippen molar-refractivity contribution in [1.29, 1.82) is 0 Å². The summed E-state index contributed by atoms with van der Waals surface area (Å²) in [6.45, 7) is 8.95. The first-order valence-electron chi connectivity index (χ1n) is 5.96. The van der Waals surface area contributed by atoms with E-state index in [0.29, 0.717) is 0 Å². The van der Waals surface area contributed by atoms with E-state index in [4.69, 9.17) is 4.74 Å². The average Bonchev–Trinajstić information content (AvgIpc) is 2.23. The van der Waals surface area contributed by atoms with Gasteiger partial charge in [-0.25, -0.2) is 0 Å². The number of ether oxygens (including phenoxy) is 1. The van der Waals surface area contributed by atoms with E-state index in [1.807, 2.05) is 6.07 Å². The molecule has 0 aliphatic carbocycles. The number of nitrogens with one attached hydrogen (secondary N) is 1. The van der Waals surface area contributed by atoms with Crippen LogP contribution in [0, 0.1) is 0 Å². The maximum Gasteiger partial charge on any atom is 0.0599 e. The molecule has 90 valence electrons. The predicted octanol–water partition coefficient (Wildman–Crippen LogP) is 2.63. The summed E-state index contributed by atoms with van der Waals surface area (Å²) in [5.74, 6) is 0. The van der Waals surface area contributed by atoms with Gasteiger partial charge in [0.1, 0.15) is 0 Å². The lowest BCUT2D eigenvalue weighted by Crippen LogP contribution is -2.27. The summed E-state index contributed by atoms with van der Waals surface area (Å²) < 4.78 is 5.62. The van der Waals surface area contributed by atoms with E-state index in [9.17, 15) is 0 Å². The van der Waals surface area contributed by atoms with Gasteiger partial charge in [0.05, 0.1) is 12.2 Å². The van der Waals surface area contributed by atoms with Crippen molar-refractivity contribution < 1.29 is 4.74 Å². The van der Waals surface area contributed by atoms with Crippen LogP contribution in [0.5, 0.6) is 0 Å². The molecule has 0 fully saturated rings. The molecule has 0 saturated carbocycles. The highest BCUT2D eigenvalue weighted by Gasteiger charge is 2.08. The zero-order chi connectivity index (χ0) is 11.9. The second-order valence-electron chi connectivity index (χ2n) is 4.95. The minimum Gasteiger partial charge on any atom is -0.375 e. The van der Waals surface area contributed by atoms with Crippen LogP contribution in [0.3, 0.4) is 0 Å². The van der Waals surface area contributed by atoms with Crippen LogP contribution < -0.4 is 5.32 Å². The van der Waals surface area contributed by atoms with Gasteiger partial charge < -0.3 is 10.1 Å². The molecule has 2 nitrogen and oxygen atoms in total. The molecule has 0 aliphatic rings. The van der Waals surface area contributed by atoms with Gasteiger partial charge in [0, 0.05) is 6.54 Å². The maximum atomic E-state index is 5.62. The molecule has 0 bridgehead atoms. The third-order valence-electron chi connectivity index (χ3n) is 2.25. The van der Waals surface area contributed by atoms with Gasteiger partial charge in [0.2, 0.25) is 0 Å². The summed E-state index contributed by atoms with van der Waals surface area (Å²) in [6, 6.07) is 10.5. The van der Waals surface area contributed by atoms with E-state index < -0.39 is 0 Å². The number of hydrogen-bond acceptors (Lipinski definition) is 2. The molecule has 1 aromatic carbocycles. The van der Waals surface area contributed by atoms with Crippen molar-refractivity contribution in [1.82, 2.24) is 5.32 Å². The van der Waals surface area contributed by atoms with E-state index in [-0.39, 0.29) is 5.60 Å². The SMILES string of the molecule is CC(C)(C)OCCNCCc1ccccc1. The summed E-state index contributed by atoms with van der Waals surface area (Å²) in [6.07, 6.45) is 1.08. The second-order valence-corrected chi connectivity index (χ2v) is 4.95. The third-order valence-corrected chi connectivity index (χ3v) is 2.25. The Bertz CT molecular complexity index is 277. The molecule has 0 amide bonds. The predicted molar refractivity (Wildman–Crippen MR) is 68.7 cm³/mol. The van der Waals surface area contributed by atoms with Crippen LogP contribution in [0.25, 0.3) is 0 Å². The fraction of sp³-hybridized carbons (Fsp3) is 0.571. The topological polar surface area (TPSA) is 21.3 Å². The third kappa shape index (κ3) is 6.59. The lowest BCUT2D eigenvalue weighted by molar-refractivity contribution is -0.000710. The highest BCUT2D eigenvalue weighted by Crippen LogP contribution is 2.05. The Kier molecular flexibility index (Phi) is 5.50. The first-order valence-corrected chi connectivity index (χ1v) is 5.96. The Morgan fingerprint density at radius 2 is 1.75 bits per heavy atom. The Morgan fingerprint density at radius 1 is 1.06 bits per heavy atom. The lowest BCUT2D eigenvalue weighted by atomic mass is 10.1. The molecule has 0 spiro atoms. The second kappa shape index (κ2) is 6.66. The van der Waals surface area contributed by atoms with Crippen LogP contribution in [0.2, 0.25) is 0 Å². The van der Waals surface area contributed by atoms with Crippen molar-refractivity contribution in [3.63, 3.8) is 0 Å². The molecule has 0 radical (unpaired) electrons. The van der Waals surface area contributed by atoms with Crippen molar-refractivity contribution in [3.8, 4) is 0 Å². The van der Waals surface area contributed by atoms with Crippen LogP contribution in [-0.2, 0) is 11.2 Å². The Morgan fingerprint density at radius 3 is 2.38 bits per heavy atom. The summed E-state index contributed by atoms with van der Waals surface area (Å²) in [5, 5.41) is 3.38. The van der Waals surface area contributed by atoms with E-state index in [2.05, 4.69) is 50.4 Å². The molecule has 1 aromatic rings. The first-order chi connectivity index (χ1) is 7.58. The molecule has 0 atom stereocenters. The summed E-state index contributed by atoms with van der Waals surface area (Å²) in [5.41, 5.74) is 1.35. The van der Waals surface area contributed by atoms with Crippen LogP contribution in [0.1, 0.15) is 26.3 Å². The first kappa shape index (κ1) is 13.2. The Labute approximate surface area is 99.0 Å². The lowest BCUT2D eigenvalue weighted by Gasteiger charge is -2.19. The van der Waals surface area contributed by atoms with Gasteiger partial charge in [-0.05, 0) is 39.3 Å². The molecule has 1 rings (SSSR count). The molecule has 0 aromatic heterocycles. The van der Waals surface area contributed by atoms with Gasteiger partial charge in [-0.2, -0.15) is 0 Å². The van der Waals surface area contributed by atoms with E-state index in [0.717, 1.165) is 26.1 Å². The Balaban J connectivity index is 2.01. The van der Waals surface area contributed by atoms with Gasteiger partial charge in [0.15, 0.2) is 0 Å². The van der Waals surface area contributed by atoms with Crippen LogP contribution >= 0.6 is 0 Å². The minimum atomic E-state index is -0.0267. The Hall–Kier alpha value is -0.860. The van der Waals surface area contributed by atoms with E-state index in [1.165, 1.54) is 5.56 Å². The average molecular weight is 221 g/mol. The number of hydrogen-bond donors (Lipinski definition) is 1.